The highest BCUT2D eigenvalue weighted by molar-refractivity contribution is 5.91. The molecule has 1 aromatic rings. The van der Waals surface area contributed by atoms with E-state index >= 15 is 0 Å². The van der Waals surface area contributed by atoms with E-state index in [4.69, 9.17) is 16.2 Å². The maximum atomic E-state index is 13.4. The van der Waals surface area contributed by atoms with Gasteiger partial charge in [0.05, 0.1) is 11.7 Å². The van der Waals surface area contributed by atoms with Gasteiger partial charge < -0.3 is 21.3 Å². The van der Waals surface area contributed by atoms with Gasteiger partial charge in [-0.05, 0) is 110 Å². The number of esters is 1. The van der Waals surface area contributed by atoms with E-state index in [0.717, 1.165) is 36.5 Å². The van der Waals surface area contributed by atoms with Gasteiger partial charge in [0.15, 0.2) is 0 Å². The first-order valence-corrected chi connectivity index (χ1v) is 16.0. The summed E-state index contributed by atoms with van der Waals surface area (Å²) >= 11 is 0. The van der Waals surface area contributed by atoms with Crippen LogP contribution in [0.5, 0.6) is 0 Å². The number of aliphatic hydroxyl groups excluding tert-OH is 1. The van der Waals surface area contributed by atoms with Crippen LogP contribution in [0.3, 0.4) is 0 Å². The number of nitrogens with two attached hydrogens (primary N) is 2. The average molecular weight is 539 g/mol. The number of ether oxygens (including phenoxy) is 1. The van der Waals surface area contributed by atoms with Gasteiger partial charge in [0.2, 0.25) is 0 Å². The molecule has 0 spiro atoms. The normalized spacial score (nSPS) is 40.4. The minimum atomic E-state index is -0.417. The summed E-state index contributed by atoms with van der Waals surface area (Å²) in [4.78, 5) is 13.4. The Bertz CT molecular complexity index is 1020. The number of anilines is 2. The lowest BCUT2D eigenvalue weighted by Gasteiger charge is -2.62. The molecular weight excluding hydrogens is 484 g/mol. The van der Waals surface area contributed by atoms with Gasteiger partial charge in [-0.1, -0.05) is 53.9 Å². The minimum Gasteiger partial charge on any atom is -0.458 e. The van der Waals surface area contributed by atoms with Gasteiger partial charge in [-0.25, -0.2) is 4.79 Å². The van der Waals surface area contributed by atoms with Crippen LogP contribution < -0.4 is 11.5 Å². The Kier molecular flexibility index (Phi) is 8.05. The molecule has 4 fully saturated rings. The molecule has 4 aliphatic carbocycles. The van der Waals surface area contributed by atoms with Crippen molar-refractivity contribution < 1.29 is 14.6 Å². The van der Waals surface area contributed by atoms with Crippen molar-refractivity contribution in [3.8, 4) is 0 Å². The molecule has 218 valence electrons. The molecule has 5 nitrogen and oxygen atoms in total. The summed E-state index contributed by atoms with van der Waals surface area (Å²) in [5.41, 5.74) is 13.6. The highest BCUT2D eigenvalue weighted by Gasteiger charge is 2.63. The van der Waals surface area contributed by atoms with Gasteiger partial charge in [0, 0.05) is 23.2 Å². The fraction of sp³-hybridized carbons (Fsp3) is 0.794. The Labute approximate surface area is 236 Å². The molecule has 5 N–H and O–H groups in total. The van der Waals surface area contributed by atoms with Crippen LogP contribution in [0.4, 0.5) is 11.4 Å². The monoisotopic (exact) mass is 538 g/mol. The number of hydrogen-bond donors (Lipinski definition) is 3. The summed E-state index contributed by atoms with van der Waals surface area (Å²) in [6, 6.07) is 4.95. The van der Waals surface area contributed by atoms with Crippen molar-refractivity contribution in [2.45, 2.75) is 117 Å². The fourth-order valence-electron chi connectivity index (χ4n) is 10.5. The number of benzene rings is 1. The Hall–Kier alpha value is -1.75. The molecule has 4 saturated carbocycles. The van der Waals surface area contributed by atoms with Gasteiger partial charge in [-0.3, -0.25) is 0 Å². The van der Waals surface area contributed by atoms with E-state index in [-0.39, 0.29) is 17.5 Å². The van der Waals surface area contributed by atoms with E-state index in [9.17, 15) is 9.90 Å². The van der Waals surface area contributed by atoms with Crippen LogP contribution >= 0.6 is 0 Å². The van der Waals surface area contributed by atoms with E-state index in [0.29, 0.717) is 46.5 Å². The van der Waals surface area contributed by atoms with Crippen LogP contribution in [0, 0.1) is 52.3 Å². The summed E-state index contributed by atoms with van der Waals surface area (Å²) in [7, 11) is 0. The third-order valence-electron chi connectivity index (χ3n) is 12.4. The lowest BCUT2D eigenvalue weighted by Crippen LogP contribution is -2.60. The summed E-state index contributed by atoms with van der Waals surface area (Å²) in [6.07, 6.45) is 12.3. The van der Waals surface area contributed by atoms with Crippen LogP contribution in [0.1, 0.15) is 116 Å². The van der Waals surface area contributed by atoms with Crippen molar-refractivity contribution in [1.29, 1.82) is 0 Å². The van der Waals surface area contributed by atoms with Crippen LogP contribution in [0.2, 0.25) is 0 Å². The predicted molar refractivity (Wildman–Crippen MR) is 159 cm³/mol. The molecule has 0 aliphatic heterocycles. The number of fused-ring (bicyclic) bond motifs is 5. The summed E-state index contributed by atoms with van der Waals surface area (Å²) < 4.78 is 6.33. The molecule has 2 unspecified atom stereocenters. The van der Waals surface area contributed by atoms with Crippen molar-refractivity contribution in [3.63, 3.8) is 0 Å². The SMILES string of the molecule is CC(C)CCC[C@@H](C)[C@H]1CC[C@H]2[C@@H]3CCC4C[C@@H](O)CC(OC(=O)c5cc(N)cc(N)c5)[C@]4(C)[C@H]3CC[C@]12C. The maximum absolute atomic E-state index is 13.4. The third kappa shape index (κ3) is 5.22. The highest BCUT2D eigenvalue weighted by atomic mass is 16.5. The molecular formula is C34H54N2O3. The molecule has 0 heterocycles. The topological polar surface area (TPSA) is 98.6 Å². The molecule has 0 saturated heterocycles. The molecule has 5 heteroatoms. The zero-order valence-electron chi connectivity index (χ0n) is 25.1. The number of carbonyl (C=O) groups is 1. The molecule has 0 aromatic heterocycles. The first-order valence-electron chi connectivity index (χ1n) is 16.0. The second-order valence-electron chi connectivity index (χ2n) is 15.0. The fourth-order valence-corrected chi connectivity index (χ4v) is 10.5. The quantitative estimate of drug-likeness (QED) is 0.247. The Morgan fingerprint density at radius 2 is 1.69 bits per heavy atom. The van der Waals surface area contributed by atoms with E-state index < -0.39 is 6.10 Å². The second kappa shape index (κ2) is 10.9. The zero-order chi connectivity index (χ0) is 28.1. The number of hydrogen-bond acceptors (Lipinski definition) is 5. The van der Waals surface area contributed by atoms with Crippen LogP contribution in [0.15, 0.2) is 18.2 Å². The van der Waals surface area contributed by atoms with Gasteiger partial charge in [0.1, 0.15) is 6.10 Å². The molecule has 4 aliphatic rings. The number of rotatable bonds is 7. The van der Waals surface area contributed by atoms with Crippen LogP contribution in [-0.4, -0.2) is 23.3 Å². The van der Waals surface area contributed by atoms with Gasteiger partial charge in [0.25, 0.3) is 0 Å². The van der Waals surface area contributed by atoms with Crippen molar-refractivity contribution >= 4 is 17.3 Å². The van der Waals surface area contributed by atoms with E-state index in [2.05, 4.69) is 34.6 Å². The largest absolute Gasteiger partial charge is 0.458 e. The molecule has 0 radical (unpaired) electrons. The molecule has 39 heavy (non-hydrogen) atoms. The predicted octanol–water partition coefficient (Wildman–Crippen LogP) is 7.47. The Balaban J connectivity index is 1.36. The molecule has 10 atom stereocenters. The van der Waals surface area contributed by atoms with Crippen molar-refractivity contribution in [3.05, 3.63) is 23.8 Å². The van der Waals surface area contributed by atoms with Gasteiger partial charge >= 0.3 is 5.97 Å². The van der Waals surface area contributed by atoms with E-state index in [1.54, 1.807) is 18.2 Å². The number of aliphatic hydroxyl groups is 1. The van der Waals surface area contributed by atoms with Crippen LogP contribution in [-0.2, 0) is 4.74 Å². The first kappa shape index (κ1) is 28.8. The van der Waals surface area contributed by atoms with Crippen LogP contribution in [0.25, 0.3) is 0 Å². The van der Waals surface area contributed by atoms with Crippen molar-refractivity contribution in [2.24, 2.45) is 52.3 Å². The second-order valence-corrected chi connectivity index (χ2v) is 15.0. The summed E-state index contributed by atoms with van der Waals surface area (Å²) in [5.74, 6) is 4.45. The molecule has 0 amide bonds. The van der Waals surface area contributed by atoms with Gasteiger partial charge in [-0.2, -0.15) is 0 Å². The summed E-state index contributed by atoms with van der Waals surface area (Å²) in [5, 5.41) is 10.9. The maximum Gasteiger partial charge on any atom is 0.338 e. The highest BCUT2D eigenvalue weighted by Crippen LogP contribution is 2.68. The van der Waals surface area contributed by atoms with Crippen molar-refractivity contribution in [1.82, 2.24) is 0 Å². The standard InChI is InChI=1S/C34H54N2O3/c1-20(2)7-6-8-21(3)28-11-12-29-27-10-9-23-17-26(37)19-31(34(23,5)30(27)13-14-33(28,29)4)39-32(38)22-15-24(35)18-25(36)16-22/h15-16,18,20-21,23,26-31,37H,6-14,17,19,35-36H2,1-5H3/t21-,23?,26-,27+,28-,29+,30+,31?,33-,34+/m1/s1. The Morgan fingerprint density at radius 3 is 2.38 bits per heavy atom. The number of nitrogen functional groups attached to an aromatic ring is 2. The minimum absolute atomic E-state index is 0.105. The van der Waals surface area contributed by atoms with E-state index in [1.165, 1.54) is 51.4 Å². The lowest BCUT2D eigenvalue weighted by atomic mass is 9.43. The first-order chi connectivity index (χ1) is 18.4. The van der Waals surface area contributed by atoms with E-state index in [1.807, 2.05) is 0 Å². The Morgan fingerprint density at radius 1 is 0.974 bits per heavy atom. The van der Waals surface area contributed by atoms with Gasteiger partial charge in [-0.15, -0.1) is 0 Å². The average Bonchev–Trinajstić information content (AvgIpc) is 3.21. The lowest BCUT2D eigenvalue weighted by molar-refractivity contribution is -0.183. The third-order valence-corrected chi connectivity index (χ3v) is 12.4. The molecule has 5 rings (SSSR count). The smallest absolute Gasteiger partial charge is 0.338 e. The number of carbonyl (C=O) groups excluding carboxylic acids is 1. The summed E-state index contributed by atoms with van der Waals surface area (Å²) in [6.45, 7) is 12.2. The van der Waals surface area contributed by atoms with Crippen molar-refractivity contribution in [2.75, 3.05) is 11.5 Å². The zero-order valence-corrected chi connectivity index (χ0v) is 25.1. The molecule has 1 aromatic carbocycles. The molecule has 0 bridgehead atoms.